The fraction of sp³-hybridized carbons (Fsp3) is 0.111. The number of halogens is 2. The molecule has 2 N–H and O–H groups in total. The molecule has 9 heteroatoms. The minimum Gasteiger partial charge on any atom is -0.347 e. The van der Waals surface area contributed by atoms with E-state index in [1.807, 2.05) is 0 Å². The molecule has 0 atom stereocenters. The number of hydrogen-bond acceptors (Lipinski definition) is 4. The largest absolute Gasteiger partial charge is 0.347 e. The van der Waals surface area contributed by atoms with Crippen molar-refractivity contribution >= 4 is 46.8 Å². The monoisotopic (exact) mass is 407 g/mol. The highest BCUT2D eigenvalue weighted by Crippen LogP contribution is 2.21. The molecule has 0 aliphatic carbocycles. The van der Waals surface area contributed by atoms with E-state index >= 15 is 0 Å². The molecule has 2 rings (SSSR count). The Kier molecular flexibility index (Phi) is 6.92. The van der Waals surface area contributed by atoms with Crippen molar-refractivity contribution in [1.29, 1.82) is 0 Å². The average molecular weight is 408 g/mol. The third kappa shape index (κ3) is 6.09. The Hall–Kier alpha value is -2.90. The lowest BCUT2D eigenvalue weighted by molar-refractivity contribution is -0.384. The zero-order valence-corrected chi connectivity index (χ0v) is 15.7. The molecule has 0 aliphatic heterocycles. The number of nitro benzene ring substituents is 1. The van der Waals surface area contributed by atoms with Crippen molar-refractivity contribution in [3.8, 4) is 0 Å². The van der Waals surface area contributed by atoms with E-state index in [-0.39, 0.29) is 17.9 Å². The predicted molar refractivity (Wildman–Crippen MR) is 103 cm³/mol. The second kappa shape index (κ2) is 9.16. The van der Waals surface area contributed by atoms with Crippen LogP contribution in [0.3, 0.4) is 0 Å². The van der Waals surface area contributed by atoms with Crippen molar-refractivity contribution in [2.75, 3.05) is 0 Å². The van der Waals surface area contributed by atoms with Gasteiger partial charge in [0.25, 0.3) is 11.6 Å². The summed E-state index contributed by atoms with van der Waals surface area (Å²) in [5, 5.41) is 16.8. The van der Waals surface area contributed by atoms with Crippen molar-refractivity contribution in [3.05, 3.63) is 79.4 Å². The second-order valence-corrected chi connectivity index (χ2v) is 6.35. The summed E-state index contributed by atoms with van der Waals surface area (Å²) in [5.41, 5.74) is 0.868. The highest BCUT2D eigenvalue weighted by molar-refractivity contribution is 6.35. The van der Waals surface area contributed by atoms with Gasteiger partial charge in [0.2, 0.25) is 5.91 Å². The SMILES string of the molecule is CC(=O)N/C(=C\c1cccc([N+](=O)[O-])c1)C(=O)NCc1ccc(Cl)cc1Cl. The first-order chi connectivity index (χ1) is 12.8. The number of carbonyl (C=O) groups is 2. The van der Waals surface area contributed by atoms with Crippen LogP contribution in [-0.2, 0) is 16.1 Å². The fourth-order valence-electron chi connectivity index (χ4n) is 2.18. The van der Waals surface area contributed by atoms with Gasteiger partial charge >= 0.3 is 0 Å². The van der Waals surface area contributed by atoms with Crippen molar-refractivity contribution in [3.63, 3.8) is 0 Å². The van der Waals surface area contributed by atoms with Crippen LogP contribution >= 0.6 is 23.2 Å². The molecule has 0 unspecified atom stereocenters. The van der Waals surface area contributed by atoms with Gasteiger partial charge in [-0.1, -0.05) is 41.4 Å². The quantitative estimate of drug-likeness (QED) is 0.432. The van der Waals surface area contributed by atoms with Gasteiger partial charge in [-0.15, -0.1) is 0 Å². The molecule has 0 radical (unpaired) electrons. The zero-order chi connectivity index (χ0) is 20.0. The Morgan fingerprint density at radius 1 is 1.19 bits per heavy atom. The highest BCUT2D eigenvalue weighted by Gasteiger charge is 2.13. The summed E-state index contributed by atoms with van der Waals surface area (Å²) in [4.78, 5) is 34.2. The summed E-state index contributed by atoms with van der Waals surface area (Å²) >= 11 is 11.9. The van der Waals surface area contributed by atoms with Crippen molar-refractivity contribution in [2.24, 2.45) is 0 Å². The fourth-order valence-corrected chi connectivity index (χ4v) is 2.65. The number of non-ortho nitro benzene ring substituents is 1. The van der Waals surface area contributed by atoms with Gasteiger partial charge in [0.1, 0.15) is 5.70 Å². The van der Waals surface area contributed by atoms with E-state index in [0.717, 1.165) is 0 Å². The molecule has 2 aromatic carbocycles. The number of nitrogens with one attached hydrogen (secondary N) is 2. The van der Waals surface area contributed by atoms with Gasteiger partial charge in [-0.05, 0) is 29.3 Å². The van der Waals surface area contributed by atoms with Gasteiger partial charge in [-0.25, -0.2) is 0 Å². The van der Waals surface area contributed by atoms with Crippen molar-refractivity contribution in [1.82, 2.24) is 10.6 Å². The summed E-state index contributed by atoms with van der Waals surface area (Å²) < 4.78 is 0. The minimum absolute atomic E-state index is 0.0481. The van der Waals surface area contributed by atoms with Crippen LogP contribution in [-0.4, -0.2) is 16.7 Å². The molecule has 0 spiro atoms. The first kappa shape index (κ1) is 20.4. The lowest BCUT2D eigenvalue weighted by Crippen LogP contribution is -2.33. The lowest BCUT2D eigenvalue weighted by atomic mass is 10.1. The molecule has 27 heavy (non-hydrogen) atoms. The first-order valence-corrected chi connectivity index (χ1v) is 8.47. The minimum atomic E-state index is -0.567. The predicted octanol–water partition coefficient (Wildman–Crippen LogP) is 3.70. The van der Waals surface area contributed by atoms with E-state index in [2.05, 4.69) is 10.6 Å². The normalized spacial score (nSPS) is 11.0. The van der Waals surface area contributed by atoms with E-state index in [1.54, 1.807) is 24.3 Å². The zero-order valence-electron chi connectivity index (χ0n) is 14.2. The maximum Gasteiger partial charge on any atom is 0.270 e. The number of carbonyl (C=O) groups excluding carboxylic acids is 2. The van der Waals surface area contributed by atoms with Crippen LogP contribution in [0, 0.1) is 10.1 Å². The highest BCUT2D eigenvalue weighted by atomic mass is 35.5. The topological polar surface area (TPSA) is 101 Å². The Morgan fingerprint density at radius 3 is 2.56 bits per heavy atom. The van der Waals surface area contributed by atoms with Gasteiger partial charge in [0, 0.05) is 35.6 Å². The van der Waals surface area contributed by atoms with Crippen molar-refractivity contribution in [2.45, 2.75) is 13.5 Å². The number of nitrogens with zero attached hydrogens (tertiary/aromatic N) is 1. The Balaban J connectivity index is 2.21. The van der Waals surface area contributed by atoms with Gasteiger partial charge in [-0.3, -0.25) is 19.7 Å². The number of benzene rings is 2. The Morgan fingerprint density at radius 2 is 1.93 bits per heavy atom. The molecule has 0 heterocycles. The van der Waals surface area contributed by atoms with Crippen molar-refractivity contribution < 1.29 is 14.5 Å². The molecule has 0 saturated heterocycles. The van der Waals surface area contributed by atoms with Crippen LogP contribution in [0.4, 0.5) is 5.69 Å². The lowest BCUT2D eigenvalue weighted by Gasteiger charge is -2.11. The van der Waals surface area contributed by atoms with E-state index in [1.165, 1.54) is 31.2 Å². The summed E-state index contributed by atoms with van der Waals surface area (Å²) in [7, 11) is 0. The molecule has 0 fully saturated rings. The van der Waals surface area contributed by atoms with E-state index in [4.69, 9.17) is 23.2 Å². The Labute approximate surface area is 165 Å². The average Bonchev–Trinajstić information content (AvgIpc) is 2.60. The van der Waals surface area contributed by atoms with E-state index < -0.39 is 16.7 Å². The van der Waals surface area contributed by atoms with Gasteiger partial charge in [0.05, 0.1) is 4.92 Å². The van der Waals surface area contributed by atoms with Crippen LogP contribution in [0.1, 0.15) is 18.1 Å². The molecule has 7 nitrogen and oxygen atoms in total. The third-order valence-corrected chi connectivity index (χ3v) is 3.99. The van der Waals surface area contributed by atoms with Crippen LogP contribution in [0.2, 0.25) is 10.0 Å². The number of hydrogen-bond donors (Lipinski definition) is 2. The van der Waals surface area contributed by atoms with E-state index in [9.17, 15) is 19.7 Å². The molecule has 0 saturated carbocycles. The third-order valence-electron chi connectivity index (χ3n) is 3.40. The molecule has 0 aromatic heterocycles. The summed E-state index contributed by atoms with van der Waals surface area (Å²) in [6.45, 7) is 1.37. The second-order valence-electron chi connectivity index (χ2n) is 5.51. The van der Waals surface area contributed by atoms with Crippen LogP contribution in [0.5, 0.6) is 0 Å². The smallest absolute Gasteiger partial charge is 0.270 e. The van der Waals surface area contributed by atoms with E-state index in [0.29, 0.717) is 21.2 Å². The number of amides is 2. The summed E-state index contributed by atoms with van der Waals surface area (Å²) in [6, 6.07) is 10.6. The first-order valence-electron chi connectivity index (χ1n) is 7.72. The maximum atomic E-state index is 12.5. The van der Waals surface area contributed by atoms with Crippen LogP contribution < -0.4 is 10.6 Å². The summed E-state index contributed by atoms with van der Waals surface area (Å²) in [5.74, 6) is -1.02. The molecule has 140 valence electrons. The molecule has 0 aliphatic rings. The molecular formula is C18H15Cl2N3O4. The van der Waals surface area contributed by atoms with Crippen LogP contribution in [0.15, 0.2) is 48.2 Å². The van der Waals surface area contributed by atoms with Gasteiger partial charge in [0.15, 0.2) is 0 Å². The molecule has 2 amide bonds. The van der Waals surface area contributed by atoms with Crippen LogP contribution in [0.25, 0.3) is 6.08 Å². The maximum absolute atomic E-state index is 12.5. The standard InChI is InChI=1S/C18H15Cl2N3O4/c1-11(24)22-17(8-12-3-2-4-15(7-12)23(26)27)18(25)21-10-13-5-6-14(19)9-16(13)20/h2-9H,10H2,1H3,(H,21,25)(H,22,24)/b17-8-. The molecule has 2 aromatic rings. The Bertz CT molecular complexity index is 929. The number of nitro groups is 1. The molecular weight excluding hydrogens is 393 g/mol. The number of rotatable bonds is 6. The van der Waals surface area contributed by atoms with Gasteiger partial charge < -0.3 is 10.6 Å². The van der Waals surface area contributed by atoms with Gasteiger partial charge in [-0.2, -0.15) is 0 Å². The molecule has 0 bridgehead atoms. The summed E-state index contributed by atoms with van der Waals surface area (Å²) in [6.07, 6.45) is 1.35.